The minimum absolute atomic E-state index is 0.573. The Balaban J connectivity index is 1.15. The van der Waals surface area contributed by atoms with Gasteiger partial charge in [0.25, 0.3) is 0 Å². The summed E-state index contributed by atoms with van der Waals surface area (Å²) in [5.74, 6) is 1.78. The van der Waals surface area contributed by atoms with Gasteiger partial charge in [-0.25, -0.2) is 4.98 Å². The van der Waals surface area contributed by atoms with E-state index in [-0.39, 0.29) is 0 Å². The highest BCUT2D eigenvalue weighted by atomic mass is 16.3. The highest BCUT2D eigenvalue weighted by Crippen LogP contribution is 2.39. The third kappa shape index (κ3) is 4.20. The van der Waals surface area contributed by atoms with Gasteiger partial charge in [-0.3, -0.25) is 4.57 Å². The van der Waals surface area contributed by atoms with Crippen LogP contribution in [-0.2, 0) is 0 Å². The molecule has 0 N–H and O–H groups in total. The third-order valence-electron chi connectivity index (χ3n) is 9.97. The highest BCUT2D eigenvalue weighted by molar-refractivity contribution is 6.17. The number of hydrogen-bond acceptors (Lipinski definition) is 4. The van der Waals surface area contributed by atoms with Gasteiger partial charge in [0, 0.05) is 55.2 Å². The Morgan fingerprint density at radius 1 is 0.353 bits per heavy atom. The fourth-order valence-corrected chi connectivity index (χ4v) is 7.68. The van der Waals surface area contributed by atoms with Gasteiger partial charge in [0.1, 0.15) is 11.2 Å². The van der Waals surface area contributed by atoms with Crippen molar-refractivity contribution in [3.8, 4) is 34.4 Å². The quantitative estimate of drug-likeness (QED) is 0.190. The summed E-state index contributed by atoms with van der Waals surface area (Å²) < 4.78 is 11.0. The van der Waals surface area contributed by atoms with Crippen molar-refractivity contribution in [3.05, 3.63) is 164 Å². The topological polar surface area (TPSA) is 61.7 Å². The molecule has 0 atom stereocenters. The molecule has 0 unspecified atom stereocenters. The minimum atomic E-state index is 0.573. The summed E-state index contributed by atoms with van der Waals surface area (Å²) in [6, 6.07) is 56.7. The van der Waals surface area contributed by atoms with Crippen LogP contribution in [0.25, 0.3) is 100.0 Å². The number of furan rings is 1. The fourth-order valence-electron chi connectivity index (χ4n) is 7.68. The normalized spacial score (nSPS) is 11.9. The Labute approximate surface area is 291 Å². The lowest BCUT2D eigenvalue weighted by Gasteiger charge is -2.11. The molecule has 0 saturated carbocycles. The van der Waals surface area contributed by atoms with E-state index >= 15 is 0 Å². The van der Waals surface area contributed by atoms with E-state index in [0.29, 0.717) is 17.6 Å². The summed E-state index contributed by atoms with van der Waals surface area (Å²) in [4.78, 5) is 15.3. The van der Waals surface area contributed by atoms with Crippen LogP contribution >= 0.6 is 0 Å². The van der Waals surface area contributed by atoms with Crippen molar-refractivity contribution in [1.29, 1.82) is 0 Å². The highest BCUT2D eigenvalue weighted by Gasteiger charge is 2.20. The molecule has 11 rings (SSSR count). The second kappa shape index (κ2) is 10.7. The molecule has 11 aromatic rings. The van der Waals surface area contributed by atoms with Gasteiger partial charge in [0.2, 0.25) is 5.95 Å². The van der Waals surface area contributed by atoms with Crippen LogP contribution in [0.1, 0.15) is 0 Å². The van der Waals surface area contributed by atoms with Gasteiger partial charge in [-0.05, 0) is 54.6 Å². The number of para-hydroxylation sites is 4. The first kappa shape index (κ1) is 27.9. The summed E-state index contributed by atoms with van der Waals surface area (Å²) in [5.41, 5.74) is 8.94. The Bertz CT molecular complexity index is 3080. The van der Waals surface area contributed by atoms with Crippen molar-refractivity contribution in [1.82, 2.24) is 24.1 Å². The van der Waals surface area contributed by atoms with Gasteiger partial charge in [-0.1, -0.05) is 103 Å². The van der Waals surface area contributed by atoms with Crippen LogP contribution < -0.4 is 0 Å². The van der Waals surface area contributed by atoms with Gasteiger partial charge < -0.3 is 8.98 Å². The van der Waals surface area contributed by atoms with Crippen molar-refractivity contribution in [2.75, 3.05) is 0 Å². The molecule has 0 bridgehead atoms. The van der Waals surface area contributed by atoms with Crippen molar-refractivity contribution in [3.63, 3.8) is 0 Å². The standard InChI is InChI=1S/C45H27N5O/c1-3-13-28(14-4-1)43-46-44(48-45(47-43)50-38-21-11-7-17-31(38)32-18-8-12-22-39(32)50)29-23-24-41-35(25-29)36-26-34-33-19-9-10-20-37(33)49(30-15-5-2-6-16-30)40(34)27-42(36)51-41/h1-27H. The average Bonchev–Trinajstić information content (AvgIpc) is 3.84. The van der Waals surface area contributed by atoms with Gasteiger partial charge in [0.15, 0.2) is 11.6 Å². The molecule has 0 spiro atoms. The first-order valence-electron chi connectivity index (χ1n) is 17.0. The number of benzene rings is 7. The number of aromatic nitrogens is 5. The molecule has 51 heavy (non-hydrogen) atoms. The third-order valence-corrected chi connectivity index (χ3v) is 9.97. The largest absolute Gasteiger partial charge is 0.456 e. The molecule has 6 heteroatoms. The molecular formula is C45H27N5O. The van der Waals surface area contributed by atoms with Gasteiger partial charge >= 0.3 is 0 Å². The molecule has 7 aromatic carbocycles. The zero-order chi connectivity index (χ0) is 33.5. The predicted octanol–water partition coefficient (Wildman–Crippen LogP) is 11.3. The summed E-state index contributed by atoms with van der Waals surface area (Å²) in [6.45, 7) is 0. The Kier molecular flexibility index (Phi) is 5.86. The lowest BCUT2D eigenvalue weighted by Crippen LogP contribution is -2.06. The van der Waals surface area contributed by atoms with E-state index in [0.717, 1.165) is 71.6 Å². The smallest absolute Gasteiger partial charge is 0.238 e. The van der Waals surface area contributed by atoms with Crippen molar-refractivity contribution < 1.29 is 4.42 Å². The molecule has 4 heterocycles. The molecule has 0 amide bonds. The SMILES string of the molecule is c1ccc(-c2nc(-c3ccc4oc5cc6c(cc5c4c3)c3ccccc3n6-c3ccccc3)nc(-n3c4ccccc4c4ccccc43)n2)cc1. The second-order valence-corrected chi connectivity index (χ2v) is 12.9. The zero-order valence-electron chi connectivity index (χ0n) is 27.2. The summed E-state index contributed by atoms with van der Waals surface area (Å²) in [5, 5.41) is 6.75. The molecular weight excluding hydrogens is 627 g/mol. The summed E-state index contributed by atoms with van der Waals surface area (Å²) in [7, 11) is 0. The van der Waals surface area contributed by atoms with Gasteiger partial charge in [0.05, 0.1) is 22.1 Å². The Morgan fingerprint density at radius 3 is 1.59 bits per heavy atom. The first-order chi connectivity index (χ1) is 25.3. The number of nitrogens with zero attached hydrogens (tertiary/aromatic N) is 5. The van der Waals surface area contributed by atoms with E-state index in [4.69, 9.17) is 19.4 Å². The van der Waals surface area contributed by atoms with Crippen LogP contribution in [0.15, 0.2) is 168 Å². The summed E-state index contributed by atoms with van der Waals surface area (Å²) >= 11 is 0. The monoisotopic (exact) mass is 653 g/mol. The van der Waals surface area contributed by atoms with Crippen LogP contribution in [0, 0.1) is 0 Å². The average molecular weight is 654 g/mol. The van der Waals surface area contributed by atoms with Crippen molar-refractivity contribution >= 4 is 65.6 Å². The molecule has 0 aliphatic rings. The van der Waals surface area contributed by atoms with E-state index in [1.165, 1.54) is 10.8 Å². The molecule has 0 radical (unpaired) electrons. The van der Waals surface area contributed by atoms with Gasteiger partial charge in [-0.2, -0.15) is 9.97 Å². The fraction of sp³-hybridized carbons (Fsp3) is 0. The number of rotatable bonds is 4. The minimum Gasteiger partial charge on any atom is -0.456 e. The molecule has 238 valence electrons. The van der Waals surface area contributed by atoms with E-state index in [1.807, 2.05) is 48.5 Å². The number of hydrogen-bond donors (Lipinski definition) is 0. The molecule has 6 nitrogen and oxygen atoms in total. The first-order valence-corrected chi connectivity index (χ1v) is 17.0. The maximum absolute atomic E-state index is 6.54. The molecule has 0 aliphatic heterocycles. The van der Waals surface area contributed by atoms with Crippen LogP contribution in [0.3, 0.4) is 0 Å². The Morgan fingerprint density at radius 2 is 0.902 bits per heavy atom. The maximum Gasteiger partial charge on any atom is 0.238 e. The lowest BCUT2D eigenvalue weighted by molar-refractivity contribution is 0.669. The van der Waals surface area contributed by atoms with Crippen LogP contribution in [0.4, 0.5) is 0 Å². The van der Waals surface area contributed by atoms with Crippen LogP contribution in [-0.4, -0.2) is 24.1 Å². The van der Waals surface area contributed by atoms with E-state index in [2.05, 4.69) is 124 Å². The molecule has 0 saturated heterocycles. The lowest BCUT2D eigenvalue weighted by atomic mass is 10.1. The number of fused-ring (bicyclic) bond motifs is 9. The maximum atomic E-state index is 6.54. The molecule has 4 aromatic heterocycles. The van der Waals surface area contributed by atoms with Crippen molar-refractivity contribution in [2.24, 2.45) is 0 Å². The zero-order valence-corrected chi connectivity index (χ0v) is 27.2. The van der Waals surface area contributed by atoms with Crippen molar-refractivity contribution in [2.45, 2.75) is 0 Å². The van der Waals surface area contributed by atoms with E-state index in [9.17, 15) is 0 Å². The second-order valence-electron chi connectivity index (χ2n) is 12.9. The van der Waals surface area contributed by atoms with Crippen LogP contribution in [0.2, 0.25) is 0 Å². The predicted molar refractivity (Wildman–Crippen MR) is 207 cm³/mol. The van der Waals surface area contributed by atoms with E-state index in [1.54, 1.807) is 0 Å². The van der Waals surface area contributed by atoms with E-state index < -0.39 is 0 Å². The molecule has 0 aliphatic carbocycles. The van der Waals surface area contributed by atoms with Gasteiger partial charge in [-0.15, -0.1) is 0 Å². The molecule has 0 fully saturated rings. The summed E-state index contributed by atoms with van der Waals surface area (Å²) in [6.07, 6.45) is 0. The Hall–Kier alpha value is -7.05. The van der Waals surface area contributed by atoms with Crippen LogP contribution in [0.5, 0.6) is 0 Å².